The molecule has 0 unspecified atom stereocenters. The Labute approximate surface area is 254 Å². The van der Waals surface area contributed by atoms with Gasteiger partial charge in [0.15, 0.2) is 0 Å². The Morgan fingerprint density at radius 1 is 0.390 bits per heavy atom. The molecule has 240 valence electrons. The van der Waals surface area contributed by atoms with Crippen LogP contribution in [0, 0.1) is 11.8 Å². The van der Waals surface area contributed by atoms with Gasteiger partial charge in [0.25, 0.3) is 0 Å². The van der Waals surface area contributed by atoms with E-state index in [1.165, 1.54) is 167 Å². The topological polar surface area (TPSA) is 52.6 Å². The van der Waals surface area contributed by atoms with Crippen molar-refractivity contribution >= 4 is 11.9 Å². The highest BCUT2D eigenvalue weighted by atomic mass is 16.6. The van der Waals surface area contributed by atoms with Crippen LogP contribution in [0.3, 0.4) is 0 Å². The maximum absolute atomic E-state index is 12.0. The van der Waals surface area contributed by atoms with E-state index in [1.54, 1.807) is 0 Å². The summed E-state index contributed by atoms with van der Waals surface area (Å²) in [7, 11) is 0. The first kappa shape index (κ1) is 36.1. The SMILES string of the molecule is O=C(CC(=O)OCCCCCC1CCCCCCCCCCC1)OCCCCCC1CCCCCCCCCCC1. The smallest absolute Gasteiger partial charge is 0.317 e. The molecule has 0 spiro atoms. The van der Waals surface area contributed by atoms with Crippen molar-refractivity contribution in [3.05, 3.63) is 0 Å². The molecule has 0 heterocycles. The van der Waals surface area contributed by atoms with Crippen LogP contribution in [0.25, 0.3) is 0 Å². The molecule has 2 aliphatic carbocycles. The molecule has 2 fully saturated rings. The maximum Gasteiger partial charge on any atom is 0.317 e. The third kappa shape index (κ3) is 22.2. The van der Waals surface area contributed by atoms with Gasteiger partial charge in [0.2, 0.25) is 0 Å². The number of ether oxygens (including phenoxy) is 2. The standard InChI is InChI=1S/C37H68O4/c38-36(40-31-23-15-21-29-34-25-17-11-7-3-1-4-8-12-18-26-34)33-37(39)41-32-24-16-22-30-35-27-19-13-9-5-2-6-10-14-20-28-35/h34-35H,1-33H2. The summed E-state index contributed by atoms with van der Waals surface area (Å²) in [5.74, 6) is 0.905. The summed E-state index contributed by atoms with van der Waals surface area (Å²) in [4.78, 5) is 24.1. The van der Waals surface area contributed by atoms with Gasteiger partial charge in [-0.3, -0.25) is 9.59 Å². The molecule has 0 radical (unpaired) electrons. The van der Waals surface area contributed by atoms with Crippen LogP contribution >= 0.6 is 0 Å². The minimum atomic E-state index is -0.433. The lowest BCUT2D eigenvalue weighted by atomic mass is 9.89. The van der Waals surface area contributed by atoms with Crippen LogP contribution in [0.2, 0.25) is 0 Å². The Bertz CT molecular complexity index is 542. The van der Waals surface area contributed by atoms with E-state index in [9.17, 15) is 9.59 Å². The molecule has 2 saturated carbocycles. The van der Waals surface area contributed by atoms with Crippen LogP contribution in [0.4, 0.5) is 0 Å². The van der Waals surface area contributed by atoms with E-state index in [4.69, 9.17) is 9.47 Å². The summed E-state index contributed by atoms with van der Waals surface area (Å²) >= 11 is 0. The lowest BCUT2D eigenvalue weighted by Crippen LogP contribution is -2.15. The molecule has 2 aliphatic rings. The van der Waals surface area contributed by atoms with E-state index in [-0.39, 0.29) is 6.42 Å². The lowest BCUT2D eigenvalue weighted by Gasteiger charge is -2.18. The van der Waals surface area contributed by atoms with E-state index >= 15 is 0 Å². The van der Waals surface area contributed by atoms with Crippen LogP contribution in [0.1, 0.15) is 199 Å². The Kier molecular flexibility index (Phi) is 23.4. The molecule has 0 aromatic heterocycles. The number of hydrogen-bond donors (Lipinski definition) is 0. The third-order valence-corrected chi connectivity index (χ3v) is 9.78. The van der Waals surface area contributed by atoms with Crippen molar-refractivity contribution in [3.8, 4) is 0 Å². The van der Waals surface area contributed by atoms with Gasteiger partial charge in [-0.2, -0.15) is 0 Å². The molecule has 4 nitrogen and oxygen atoms in total. The summed E-state index contributed by atoms with van der Waals surface area (Å²) < 4.78 is 10.6. The first-order valence-corrected chi connectivity index (χ1v) is 18.6. The van der Waals surface area contributed by atoms with Crippen molar-refractivity contribution < 1.29 is 19.1 Å². The number of unbranched alkanes of at least 4 members (excludes halogenated alkanes) is 4. The molecule has 0 amide bonds. The molecule has 0 aromatic rings. The molecule has 0 aliphatic heterocycles. The molecule has 4 heteroatoms. The van der Waals surface area contributed by atoms with E-state index in [0.717, 1.165) is 37.5 Å². The Balaban J connectivity index is 1.42. The maximum atomic E-state index is 12.0. The number of carbonyl (C=O) groups is 2. The fourth-order valence-corrected chi connectivity index (χ4v) is 7.09. The Morgan fingerprint density at radius 2 is 0.683 bits per heavy atom. The zero-order valence-corrected chi connectivity index (χ0v) is 27.1. The molecule has 0 atom stereocenters. The van der Waals surface area contributed by atoms with Gasteiger partial charge < -0.3 is 9.47 Å². The van der Waals surface area contributed by atoms with Crippen molar-refractivity contribution in [1.82, 2.24) is 0 Å². The zero-order chi connectivity index (χ0) is 29.1. The third-order valence-electron chi connectivity index (χ3n) is 9.78. The Hall–Kier alpha value is -1.06. The molecule has 0 aromatic carbocycles. The summed E-state index contributed by atoms with van der Waals surface area (Å²) in [6.07, 6.45) is 40.0. The van der Waals surface area contributed by atoms with Gasteiger partial charge in [-0.15, -0.1) is 0 Å². The molecule has 2 rings (SSSR count). The fourth-order valence-electron chi connectivity index (χ4n) is 7.09. The quantitative estimate of drug-likeness (QED) is 0.117. The first-order valence-electron chi connectivity index (χ1n) is 18.6. The van der Waals surface area contributed by atoms with Crippen LogP contribution in [-0.4, -0.2) is 25.2 Å². The van der Waals surface area contributed by atoms with Crippen LogP contribution in [0.5, 0.6) is 0 Å². The van der Waals surface area contributed by atoms with E-state index < -0.39 is 11.9 Å². The summed E-state index contributed by atoms with van der Waals surface area (Å²) in [6, 6.07) is 0. The average Bonchev–Trinajstić information content (AvgIpc) is 2.94. The largest absolute Gasteiger partial charge is 0.465 e. The summed E-state index contributed by atoms with van der Waals surface area (Å²) in [5.41, 5.74) is 0. The molecule has 41 heavy (non-hydrogen) atoms. The predicted octanol–water partition coefficient (Wildman–Crippen LogP) is 11.4. The minimum Gasteiger partial charge on any atom is -0.465 e. The van der Waals surface area contributed by atoms with Crippen LogP contribution in [0.15, 0.2) is 0 Å². The predicted molar refractivity (Wildman–Crippen MR) is 172 cm³/mol. The fraction of sp³-hybridized carbons (Fsp3) is 0.946. The minimum absolute atomic E-state index is 0.246. The second-order valence-corrected chi connectivity index (χ2v) is 13.6. The monoisotopic (exact) mass is 577 g/mol. The zero-order valence-electron chi connectivity index (χ0n) is 27.1. The van der Waals surface area contributed by atoms with Crippen LogP contribution < -0.4 is 0 Å². The van der Waals surface area contributed by atoms with Crippen molar-refractivity contribution in [1.29, 1.82) is 0 Å². The first-order chi connectivity index (χ1) is 20.2. The highest BCUT2D eigenvalue weighted by molar-refractivity contribution is 5.91. The normalized spacial score (nSPS) is 20.1. The van der Waals surface area contributed by atoms with E-state index in [2.05, 4.69) is 0 Å². The number of carbonyl (C=O) groups excluding carboxylic acids is 2. The van der Waals surface area contributed by atoms with Crippen molar-refractivity contribution in [2.24, 2.45) is 11.8 Å². The molecule has 0 N–H and O–H groups in total. The molecular formula is C37H68O4. The average molecular weight is 577 g/mol. The summed E-state index contributed by atoms with van der Waals surface area (Å²) in [6.45, 7) is 0.857. The highest BCUT2D eigenvalue weighted by Gasteiger charge is 2.13. The van der Waals surface area contributed by atoms with E-state index in [0.29, 0.717) is 13.2 Å². The molecule has 0 saturated heterocycles. The van der Waals surface area contributed by atoms with Crippen molar-refractivity contribution in [3.63, 3.8) is 0 Å². The van der Waals surface area contributed by atoms with E-state index in [1.807, 2.05) is 0 Å². The van der Waals surface area contributed by atoms with Gasteiger partial charge in [0.05, 0.1) is 13.2 Å². The van der Waals surface area contributed by atoms with Gasteiger partial charge in [0.1, 0.15) is 6.42 Å². The summed E-state index contributed by atoms with van der Waals surface area (Å²) in [5, 5.41) is 0. The van der Waals surface area contributed by atoms with Gasteiger partial charge in [-0.25, -0.2) is 0 Å². The molecular weight excluding hydrogens is 508 g/mol. The van der Waals surface area contributed by atoms with Gasteiger partial charge in [-0.05, 0) is 24.7 Å². The van der Waals surface area contributed by atoms with Gasteiger partial charge in [-0.1, -0.05) is 180 Å². The van der Waals surface area contributed by atoms with Crippen LogP contribution in [-0.2, 0) is 19.1 Å². The number of hydrogen-bond acceptors (Lipinski definition) is 4. The Morgan fingerprint density at radius 3 is 1.00 bits per heavy atom. The second kappa shape index (κ2) is 26.6. The van der Waals surface area contributed by atoms with Crippen molar-refractivity contribution in [2.75, 3.05) is 13.2 Å². The lowest BCUT2D eigenvalue weighted by molar-refractivity contribution is -0.154. The number of esters is 2. The highest BCUT2D eigenvalue weighted by Crippen LogP contribution is 2.26. The number of rotatable bonds is 14. The van der Waals surface area contributed by atoms with Gasteiger partial charge >= 0.3 is 11.9 Å². The molecule has 0 bridgehead atoms. The van der Waals surface area contributed by atoms with Crippen molar-refractivity contribution in [2.45, 2.75) is 199 Å². The second-order valence-electron chi connectivity index (χ2n) is 13.6. The van der Waals surface area contributed by atoms with Gasteiger partial charge in [0, 0.05) is 0 Å².